The van der Waals surface area contributed by atoms with Crippen molar-refractivity contribution >= 4 is 7.60 Å². The third-order valence-electron chi connectivity index (χ3n) is 3.17. The molecule has 1 aromatic rings. The molecule has 0 saturated carbocycles. The van der Waals surface area contributed by atoms with Gasteiger partial charge in [-0.25, -0.2) is 4.79 Å². The number of aromatic nitrogens is 2. The van der Waals surface area contributed by atoms with Crippen molar-refractivity contribution in [3.05, 3.63) is 32.9 Å². The molecular weight excluding hydrogens is 358 g/mol. The van der Waals surface area contributed by atoms with Gasteiger partial charge >= 0.3 is 13.3 Å². The van der Waals surface area contributed by atoms with E-state index < -0.39 is 61.8 Å². The lowest BCUT2D eigenvalue weighted by atomic mass is 10.1. The lowest BCUT2D eigenvalue weighted by molar-refractivity contribution is -0.189. The molecule has 0 amide bonds. The molecule has 2 rings (SSSR count). The highest BCUT2D eigenvalue weighted by molar-refractivity contribution is 7.51. The zero-order valence-electron chi connectivity index (χ0n) is 11.7. The van der Waals surface area contributed by atoms with Gasteiger partial charge in [-0.2, -0.15) is 4.39 Å². The van der Waals surface area contributed by atoms with E-state index in [1.165, 1.54) is 0 Å². The van der Waals surface area contributed by atoms with E-state index >= 15 is 0 Å². The standard InChI is InChI=1S/C10H14FN2O10P/c11-3-1-13(10(18)12-7(3)16)8-5(15)4(14)6(23-8)9(17)22-2-24(19,20)21/h1,4-6,8-9,14-15,17H,2H2,(H,12,16,18)(H2,19,20,21)/t4-,5+,6-,8+,9?/m0/s1. The zero-order chi connectivity index (χ0) is 18.2. The summed E-state index contributed by atoms with van der Waals surface area (Å²) in [4.78, 5) is 41.5. The smallest absolute Gasteiger partial charge is 0.351 e. The molecule has 136 valence electrons. The largest absolute Gasteiger partial charge is 0.387 e. The molecule has 0 radical (unpaired) electrons. The molecule has 0 aliphatic carbocycles. The summed E-state index contributed by atoms with van der Waals surface area (Å²) < 4.78 is 33.9. The Morgan fingerprint density at radius 3 is 2.58 bits per heavy atom. The minimum Gasteiger partial charge on any atom is -0.387 e. The van der Waals surface area contributed by atoms with Crippen molar-refractivity contribution < 1.29 is 43.5 Å². The number of aliphatic hydroxyl groups is 3. The number of aromatic amines is 1. The molecule has 1 saturated heterocycles. The molecule has 0 bridgehead atoms. The van der Waals surface area contributed by atoms with Crippen LogP contribution in [0.5, 0.6) is 0 Å². The molecule has 1 fully saturated rings. The fraction of sp³-hybridized carbons (Fsp3) is 0.600. The third-order valence-corrected chi connectivity index (χ3v) is 3.65. The van der Waals surface area contributed by atoms with Crippen molar-refractivity contribution in [2.45, 2.75) is 30.8 Å². The van der Waals surface area contributed by atoms with E-state index in [1.807, 2.05) is 0 Å². The van der Waals surface area contributed by atoms with Crippen LogP contribution in [0.3, 0.4) is 0 Å². The second-order valence-electron chi connectivity index (χ2n) is 4.97. The lowest BCUT2D eigenvalue weighted by Gasteiger charge is -2.21. The summed E-state index contributed by atoms with van der Waals surface area (Å²) in [6.45, 7) is 0. The first-order chi connectivity index (χ1) is 11.0. The summed E-state index contributed by atoms with van der Waals surface area (Å²) in [6.07, 6.45) is -9.84. The van der Waals surface area contributed by atoms with Crippen LogP contribution in [-0.4, -0.2) is 65.6 Å². The summed E-state index contributed by atoms with van der Waals surface area (Å²) in [5.74, 6) is -1.36. The van der Waals surface area contributed by atoms with E-state index in [0.29, 0.717) is 10.8 Å². The second kappa shape index (κ2) is 6.82. The van der Waals surface area contributed by atoms with Crippen LogP contribution in [0.2, 0.25) is 0 Å². The summed E-state index contributed by atoms with van der Waals surface area (Å²) in [7, 11) is -4.61. The Hall–Kier alpha value is -1.44. The number of aliphatic hydroxyl groups excluding tert-OH is 3. The maximum Gasteiger partial charge on any atom is 0.351 e. The van der Waals surface area contributed by atoms with Crippen molar-refractivity contribution in [1.82, 2.24) is 9.55 Å². The van der Waals surface area contributed by atoms with Gasteiger partial charge < -0.3 is 34.6 Å². The van der Waals surface area contributed by atoms with Gasteiger partial charge in [0.25, 0.3) is 5.56 Å². The number of hydrogen-bond acceptors (Lipinski definition) is 8. The van der Waals surface area contributed by atoms with Gasteiger partial charge in [-0.3, -0.25) is 18.9 Å². The second-order valence-corrected chi connectivity index (χ2v) is 6.55. The molecule has 12 nitrogen and oxygen atoms in total. The number of H-pyrrole nitrogens is 1. The average molecular weight is 372 g/mol. The quantitative estimate of drug-likeness (QED) is 0.226. The zero-order valence-corrected chi connectivity index (χ0v) is 12.6. The Balaban J connectivity index is 2.21. The van der Waals surface area contributed by atoms with Crippen LogP contribution >= 0.6 is 7.60 Å². The highest BCUT2D eigenvalue weighted by atomic mass is 31.2. The van der Waals surface area contributed by atoms with Crippen LogP contribution in [0.4, 0.5) is 4.39 Å². The Morgan fingerprint density at radius 2 is 2.00 bits per heavy atom. The van der Waals surface area contributed by atoms with Crippen molar-refractivity contribution in [2.75, 3.05) is 6.35 Å². The summed E-state index contributed by atoms with van der Waals surface area (Å²) >= 11 is 0. The fourth-order valence-corrected chi connectivity index (χ4v) is 2.42. The van der Waals surface area contributed by atoms with Gasteiger partial charge in [0, 0.05) is 0 Å². The number of halogens is 1. The van der Waals surface area contributed by atoms with Gasteiger partial charge in [0.1, 0.15) is 18.3 Å². The van der Waals surface area contributed by atoms with Crippen LogP contribution in [0.15, 0.2) is 15.8 Å². The van der Waals surface area contributed by atoms with E-state index in [2.05, 4.69) is 4.74 Å². The van der Waals surface area contributed by atoms with Gasteiger partial charge in [0.15, 0.2) is 18.9 Å². The van der Waals surface area contributed by atoms with E-state index in [1.54, 1.807) is 4.98 Å². The number of nitrogens with one attached hydrogen (secondary N) is 1. The molecule has 1 aliphatic heterocycles. The Labute approximate surface area is 131 Å². The van der Waals surface area contributed by atoms with E-state index in [-0.39, 0.29) is 0 Å². The van der Waals surface area contributed by atoms with Crippen molar-refractivity contribution in [2.24, 2.45) is 0 Å². The SMILES string of the molecule is O=c1[nH]c(=O)n([C@@H]2O[C@H](C(O)OCP(=O)(O)O)[C@@H](O)[C@H]2O)cc1F. The Kier molecular flexibility index (Phi) is 5.37. The number of nitrogens with zero attached hydrogens (tertiary/aromatic N) is 1. The first-order valence-corrected chi connectivity index (χ1v) is 8.18. The topological polar surface area (TPSA) is 192 Å². The lowest BCUT2D eigenvalue weighted by Crippen LogP contribution is -2.40. The van der Waals surface area contributed by atoms with Crippen LogP contribution in [-0.2, 0) is 14.0 Å². The fourth-order valence-electron chi connectivity index (χ4n) is 2.07. The van der Waals surface area contributed by atoms with E-state index in [0.717, 1.165) is 0 Å². The van der Waals surface area contributed by atoms with Crippen LogP contribution in [0.25, 0.3) is 0 Å². The van der Waals surface area contributed by atoms with Crippen molar-refractivity contribution in [1.29, 1.82) is 0 Å². The minimum absolute atomic E-state index is 0.438. The van der Waals surface area contributed by atoms with Crippen LogP contribution in [0, 0.1) is 5.82 Å². The van der Waals surface area contributed by atoms with Gasteiger partial charge in [-0.05, 0) is 0 Å². The summed E-state index contributed by atoms with van der Waals surface area (Å²) in [6, 6.07) is 0. The summed E-state index contributed by atoms with van der Waals surface area (Å²) in [5, 5.41) is 29.3. The van der Waals surface area contributed by atoms with E-state index in [9.17, 15) is 33.9 Å². The molecule has 14 heteroatoms. The highest BCUT2D eigenvalue weighted by Gasteiger charge is 2.48. The van der Waals surface area contributed by atoms with Gasteiger partial charge in [-0.1, -0.05) is 0 Å². The predicted octanol–water partition coefficient (Wildman–Crippen LogP) is -3.23. The van der Waals surface area contributed by atoms with E-state index in [4.69, 9.17) is 14.5 Å². The first kappa shape index (κ1) is 18.9. The summed E-state index contributed by atoms with van der Waals surface area (Å²) in [5.41, 5.74) is -2.45. The maximum atomic E-state index is 13.3. The monoisotopic (exact) mass is 372 g/mol. The number of hydrogen-bond donors (Lipinski definition) is 6. The Bertz CT molecular complexity index is 759. The van der Waals surface area contributed by atoms with Crippen molar-refractivity contribution in [3.63, 3.8) is 0 Å². The maximum absolute atomic E-state index is 13.3. The normalized spacial score (nSPS) is 28.9. The predicted molar refractivity (Wildman–Crippen MR) is 71.2 cm³/mol. The molecule has 24 heavy (non-hydrogen) atoms. The number of ether oxygens (including phenoxy) is 2. The van der Waals surface area contributed by atoms with Crippen LogP contribution < -0.4 is 11.2 Å². The van der Waals surface area contributed by atoms with Gasteiger partial charge in [-0.15, -0.1) is 0 Å². The molecule has 0 spiro atoms. The molecule has 2 heterocycles. The van der Waals surface area contributed by atoms with Crippen molar-refractivity contribution in [3.8, 4) is 0 Å². The molecule has 1 aromatic heterocycles. The number of rotatable bonds is 5. The highest BCUT2D eigenvalue weighted by Crippen LogP contribution is 2.36. The third kappa shape index (κ3) is 3.96. The molecule has 1 aliphatic rings. The minimum atomic E-state index is -4.61. The van der Waals surface area contributed by atoms with Gasteiger partial charge in [0.2, 0.25) is 5.82 Å². The Morgan fingerprint density at radius 1 is 1.38 bits per heavy atom. The van der Waals surface area contributed by atoms with Gasteiger partial charge in [0.05, 0.1) is 6.20 Å². The molecule has 6 N–H and O–H groups in total. The molecule has 5 atom stereocenters. The average Bonchev–Trinajstić information content (AvgIpc) is 2.76. The first-order valence-electron chi connectivity index (χ1n) is 6.38. The molecule has 1 unspecified atom stereocenters. The van der Waals surface area contributed by atoms with Crippen LogP contribution in [0.1, 0.15) is 6.23 Å². The molecule has 0 aromatic carbocycles. The molecular formula is C10H14FN2O10P.